The lowest BCUT2D eigenvalue weighted by Gasteiger charge is -2.03. The van der Waals surface area contributed by atoms with Crippen LogP contribution in [0.1, 0.15) is 16.7 Å². The number of carbonyl (C=O) groups is 1. The summed E-state index contributed by atoms with van der Waals surface area (Å²) in [6, 6.07) is 4.54. The van der Waals surface area contributed by atoms with Crippen LogP contribution in [0.5, 0.6) is 0 Å². The first kappa shape index (κ1) is 12.4. The molecule has 0 amide bonds. The van der Waals surface area contributed by atoms with Gasteiger partial charge in [-0.05, 0) is 18.6 Å². The number of aryl methyl sites for hydroxylation is 1. The topological polar surface area (TPSA) is 104 Å². The number of nitro groups is 1. The number of nitrogens with zero attached hydrogens (tertiary/aromatic N) is 2. The Morgan fingerprint density at radius 3 is 2.71 bits per heavy atom. The van der Waals surface area contributed by atoms with Crippen LogP contribution in [0, 0.1) is 28.4 Å². The molecular weight excluding hydrogens is 224 g/mol. The van der Waals surface area contributed by atoms with Crippen molar-refractivity contribution in [1.29, 1.82) is 5.26 Å². The molecule has 86 valence electrons. The molecule has 0 aliphatic rings. The number of carboxylic acid groups (broad SMARTS) is 1. The van der Waals surface area contributed by atoms with E-state index in [0.717, 1.165) is 12.2 Å². The second-order valence-corrected chi connectivity index (χ2v) is 3.23. The van der Waals surface area contributed by atoms with Gasteiger partial charge in [0.2, 0.25) is 0 Å². The van der Waals surface area contributed by atoms with Crippen molar-refractivity contribution < 1.29 is 14.8 Å². The quantitative estimate of drug-likeness (QED) is 0.486. The van der Waals surface area contributed by atoms with Gasteiger partial charge in [0.1, 0.15) is 6.07 Å². The molecule has 0 heterocycles. The maximum Gasteiger partial charge on any atom is 0.328 e. The minimum absolute atomic E-state index is 0.0138. The van der Waals surface area contributed by atoms with Crippen LogP contribution < -0.4 is 0 Å². The summed E-state index contributed by atoms with van der Waals surface area (Å²) in [6.07, 6.45) is 1.83. The fraction of sp³-hybridized carbons (Fsp3) is 0.0909. The van der Waals surface area contributed by atoms with E-state index in [-0.39, 0.29) is 16.8 Å². The molecule has 0 unspecified atom stereocenters. The van der Waals surface area contributed by atoms with E-state index in [9.17, 15) is 14.9 Å². The molecule has 17 heavy (non-hydrogen) atoms. The third kappa shape index (κ3) is 2.66. The average molecular weight is 232 g/mol. The average Bonchev–Trinajstić information content (AvgIpc) is 2.25. The smallest absolute Gasteiger partial charge is 0.328 e. The van der Waals surface area contributed by atoms with Gasteiger partial charge in [-0.25, -0.2) is 4.79 Å². The number of nitro benzene ring substituents is 1. The number of aliphatic carboxylic acids is 1. The van der Waals surface area contributed by atoms with Gasteiger partial charge in [0.05, 0.1) is 16.1 Å². The molecule has 6 nitrogen and oxygen atoms in total. The van der Waals surface area contributed by atoms with Gasteiger partial charge in [0, 0.05) is 12.1 Å². The largest absolute Gasteiger partial charge is 0.478 e. The summed E-state index contributed by atoms with van der Waals surface area (Å²) in [4.78, 5) is 20.5. The maximum atomic E-state index is 10.8. The van der Waals surface area contributed by atoms with Crippen molar-refractivity contribution in [2.24, 2.45) is 0 Å². The molecule has 1 aromatic rings. The van der Waals surface area contributed by atoms with Gasteiger partial charge in [-0.3, -0.25) is 10.1 Å². The third-order valence-corrected chi connectivity index (χ3v) is 2.13. The monoisotopic (exact) mass is 232 g/mol. The number of hydrogen-bond donors (Lipinski definition) is 1. The molecule has 0 saturated heterocycles. The highest BCUT2D eigenvalue weighted by atomic mass is 16.6. The number of rotatable bonds is 3. The summed E-state index contributed by atoms with van der Waals surface area (Å²) < 4.78 is 0. The van der Waals surface area contributed by atoms with E-state index in [0.29, 0.717) is 5.56 Å². The molecule has 1 N–H and O–H groups in total. The van der Waals surface area contributed by atoms with Gasteiger partial charge in [-0.2, -0.15) is 5.26 Å². The molecule has 0 radical (unpaired) electrons. The van der Waals surface area contributed by atoms with Crippen molar-refractivity contribution in [3.8, 4) is 6.07 Å². The molecule has 0 saturated carbocycles. The van der Waals surface area contributed by atoms with E-state index < -0.39 is 10.9 Å². The number of hydrogen-bond acceptors (Lipinski definition) is 4. The zero-order valence-electron chi connectivity index (χ0n) is 8.88. The Morgan fingerprint density at radius 2 is 2.24 bits per heavy atom. The van der Waals surface area contributed by atoms with Gasteiger partial charge in [-0.15, -0.1) is 0 Å². The van der Waals surface area contributed by atoms with E-state index >= 15 is 0 Å². The summed E-state index contributed by atoms with van der Waals surface area (Å²) in [7, 11) is 0. The summed E-state index contributed by atoms with van der Waals surface area (Å²) >= 11 is 0. The summed E-state index contributed by atoms with van der Waals surface area (Å²) in [5.74, 6) is -1.23. The van der Waals surface area contributed by atoms with Gasteiger partial charge < -0.3 is 5.11 Å². The van der Waals surface area contributed by atoms with Crippen LogP contribution in [0.4, 0.5) is 5.69 Å². The highest BCUT2D eigenvalue weighted by Gasteiger charge is 2.17. The molecule has 1 rings (SSSR count). The van der Waals surface area contributed by atoms with Crippen LogP contribution in [0.2, 0.25) is 0 Å². The minimum Gasteiger partial charge on any atom is -0.478 e. The highest BCUT2D eigenvalue weighted by Crippen LogP contribution is 2.26. The predicted molar refractivity (Wildman–Crippen MR) is 59.2 cm³/mol. The van der Waals surface area contributed by atoms with Crippen molar-refractivity contribution >= 4 is 17.7 Å². The van der Waals surface area contributed by atoms with E-state index in [1.54, 1.807) is 6.92 Å². The van der Waals surface area contributed by atoms with Crippen LogP contribution in [-0.2, 0) is 4.79 Å². The van der Waals surface area contributed by atoms with Crippen molar-refractivity contribution in [3.05, 3.63) is 45.0 Å². The molecule has 0 atom stereocenters. The second-order valence-electron chi connectivity index (χ2n) is 3.23. The Hall–Kier alpha value is -2.68. The maximum absolute atomic E-state index is 10.8. The van der Waals surface area contributed by atoms with Crippen molar-refractivity contribution in [3.63, 3.8) is 0 Å². The van der Waals surface area contributed by atoms with E-state index in [4.69, 9.17) is 10.4 Å². The summed E-state index contributed by atoms with van der Waals surface area (Å²) in [5, 5.41) is 28.2. The Kier molecular flexibility index (Phi) is 3.57. The first-order chi connectivity index (χ1) is 7.97. The molecular formula is C11H8N2O4. The van der Waals surface area contributed by atoms with E-state index in [1.807, 2.05) is 6.07 Å². The third-order valence-electron chi connectivity index (χ3n) is 2.13. The van der Waals surface area contributed by atoms with Crippen molar-refractivity contribution in [2.75, 3.05) is 0 Å². The molecule has 1 aromatic carbocycles. The Bertz CT molecular complexity index is 555. The predicted octanol–water partition coefficient (Wildman–Crippen LogP) is 1.87. The fourth-order valence-corrected chi connectivity index (χ4v) is 1.35. The number of benzene rings is 1. The van der Waals surface area contributed by atoms with Crippen LogP contribution in [0.25, 0.3) is 6.08 Å². The molecule has 0 spiro atoms. The molecule has 0 fully saturated rings. The second kappa shape index (κ2) is 4.90. The van der Waals surface area contributed by atoms with Crippen LogP contribution >= 0.6 is 0 Å². The van der Waals surface area contributed by atoms with E-state index in [2.05, 4.69) is 0 Å². The molecule has 6 heteroatoms. The van der Waals surface area contributed by atoms with Gasteiger partial charge in [0.25, 0.3) is 5.69 Å². The zero-order valence-corrected chi connectivity index (χ0v) is 8.88. The fourth-order valence-electron chi connectivity index (χ4n) is 1.35. The van der Waals surface area contributed by atoms with Crippen LogP contribution in [0.3, 0.4) is 0 Å². The lowest BCUT2D eigenvalue weighted by Crippen LogP contribution is -1.97. The number of carboxylic acids is 1. The van der Waals surface area contributed by atoms with E-state index in [1.165, 1.54) is 12.1 Å². The Balaban J connectivity index is 3.51. The van der Waals surface area contributed by atoms with Gasteiger partial charge in [-0.1, -0.05) is 6.07 Å². The molecule has 0 bridgehead atoms. The zero-order chi connectivity index (χ0) is 13.0. The highest BCUT2D eigenvalue weighted by molar-refractivity contribution is 5.87. The van der Waals surface area contributed by atoms with Crippen LogP contribution in [0.15, 0.2) is 18.2 Å². The summed E-state index contributed by atoms with van der Waals surface area (Å²) in [6.45, 7) is 1.63. The molecule has 0 aliphatic carbocycles. The van der Waals surface area contributed by atoms with Crippen molar-refractivity contribution in [1.82, 2.24) is 0 Å². The standard InChI is InChI=1S/C11H8N2O4/c1-7-2-4-10(13(16)17)8(9(7)6-12)3-5-11(14)15/h2-5H,1H3,(H,14,15)/b5-3+. The molecule has 0 aliphatic heterocycles. The van der Waals surface area contributed by atoms with Gasteiger partial charge in [0.15, 0.2) is 0 Å². The number of nitriles is 1. The Labute approximate surface area is 96.6 Å². The first-order valence-electron chi connectivity index (χ1n) is 4.56. The van der Waals surface area contributed by atoms with Gasteiger partial charge >= 0.3 is 5.97 Å². The summed E-state index contributed by atoms with van der Waals surface area (Å²) in [5.41, 5.74) is 0.393. The van der Waals surface area contributed by atoms with Crippen LogP contribution in [-0.4, -0.2) is 16.0 Å². The van der Waals surface area contributed by atoms with Crippen molar-refractivity contribution in [2.45, 2.75) is 6.92 Å². The lowest BCUT2D eigenvalue weighted by molar-refractivity contribution is -0.385. The normalized spacial score (nSPS) is 10.1. The lowest BCUT2D eigenvalue weighted by atomic mass is 10.0. The Morgan fingerprint density at radius 1 is 1.59 bits per heavy atom. The minimum atomic E-state index is -1.23. The first-order valence-corrected chi connectivity index (χ1v) is 4.56. The molecule has 0 aromatic heterocycles. The SMILES string of the molecule is Cc1ccc([N+](=O)[O-])c(/C=C/C(=O)O)c1C#N.